The number of hydrogen-bond donors (Lipinski definition) is 1. The van der Waals surface area contributed by atoms with Gasteiger partial charge in [-0.2, -0.15) is 5.26 Å². The quantitative estimate of drug-likeness (QED) is 0.690. The van der Waals surface area contributed by atoms with Gasteiger partial charge in [0.05, 0.1) is 28.4 Å². The molecule has 1 atom stereocenters. The lowest BCUT2D eigenvalue weighted by Gasteiger charge is -2.21. The molecule has 5 rings (SSSR count). The molecule has 0 radical (unpaired) electrons. The highest BCUT2D eigenvalue weighted by molar-refractivity contribution is 7.18. The van der Waals surface area contributed by atoms with Crippen LogP contribution in [-0.2, 0) is 17.6 Å². The van der Waals surface area contributed by atoms with Crippen LogP contribution >= 0.6 is 22.7 Å². The Morgan fingerprint density at radius 2 is 2.18 bits per heavy atom. The van der Waals surface area contributed by atoms with Crippen LogP contribution in [-0.4, -0.2) is 28.9 Å². The second-order valence-electron chi connectivity index (χ2n) is 7.37. The molecule has 1 amide bonds. The third kappa shape index (κ3) is 3.12. The van der Waals surface area contributed by atoms with E-state index in [4.69, 9.17) is 4.98 Å². The molecule has 0 spiro atoms. The SMILES string of the molecule is N#Cc1c(NC(=O)CN2CCC[C@H]2c2nc3ccccc3s2)sc2c1CCC2. The first-order valence-electron chi connectivity index (χ1n) is 9.67. The second-order valence-corrected chi connectivity index (χ2v) is 9.54. The van der Waals surface area contributed by atoms with Gasteiger partial charge in [-0.3, -0.25) is 9.69 Å². The fourth-order valence-electron chi connectivity index (χ4n) is 4.29. The minimum atomic E-state index is -0.0376. The Kier molecular flexibility index (Phi) is 4.63. The number of nitriles is 1. The first-order chi connectivity index (χ1) is 13.7. The van der Waals surface area contributed by atoms with Crippen molar-refractivity contribution in [3.05, 3.63) is 45.3 Å². The van der Waals surface area contributed by atoms with Crippen molar-refractivity contribution in [1.29, 1.82) is 5.26 Å². The number of aromatic nitrogens is 1. The van der Waals surface area contributed by atoms with Gasteiger partial charge in [-0.05, 0) is 56.3 Å². The number of fused-ring (bicyclic) bond motifs is 2. The first kappa shape index (κ1) is 17.8. The molecule has 2 aliphatic rings. The van der Waals surface area contributed by atoms with Crippen molar-refractivity contribution >= 4 is 43.8 Å². The molecule has 142 valence electrons. The normalized spacial score (nSPS) is 19.0. The summed E-state index contributed by atoms with van der Waals surface area (Å²) in [6.07, 6.45) is 5.20. The number of para-hydroxylation sites is 1. The van der Waals surface area contributed by atoms with E-state index < -0.39 is 0 Å². The zero-order valence-corrected chi connectivity index (χ0v) is 17.0. The summed E-state index contributed by atoms with van der Waals surface area (Å²) in [7, 11) is 0. The number of amides is 1. The minimum Gasteiger partial charge on any atom is -0.315 e. The maximum absolute atomic E-state index is 12.7. The van der Waals surface area contributed by atoms with Crippen molar-refractivity contribution in [3.63, 3.8) is 0 Å². The van der Waals surface area contributed by atoms with Gasteiger partial charge in [-0.1, -0.05) is 12.1 Å². The van der Waals surface area contributed by atoms with Crippen LogP contribution in [0.15, 0.2) is 24.3 Å². The summed E-state index contributed by atoms with van der Waals surface area (Å²) >= 11 is 3.30. The number of likely N-dealkylation sites (tertiary alicyclic amines) is 1. The zero-order chi connectivity index (χ0) is 19.1. The standard InChI is InChI=1S/C21H20N4OS2/c22-11-14-13-5-3-9-17(13)27-20(14)24-19(26)12-25-10-4-7-16(25)21-23-15-6-1-2-8-18(15)28-21/h1-2,6,8,16H,3-5,7,9-10,12H2,(H,24,26)/t16-/m0/s1. The van der Waals surface area contributed by atoms with Crippen LogP contribution in [0.1, 0.15) is 46.3 Å². The smallest absolute Gasteiger partial charge is 0.239 e. The topological polar surface area (TPSA) is 69.0 Å². The van der Waals surface area contributed by atoms with Crippen LogP contribution in [0, 0.1) is 11.3 Å². The summed E-state index contributed by atoms with van der Waals surface area (Å²) in [6, 6.07) is 10.7. The largest absolute Gasteiger partial charge is 0.315 e. The molecule has 0 saturated carbocycles. The van der Waals surface area contributed by atoms with E-state index in [1.807, 2.05) is 18.2 Å². The van der Waals surface area contributed by atoms with E-state index in [-0.39, 0.29) is 11.9 Å². The van der Waals surface area contributed by atoms with Crippen molar-refractivity contribution in [1.82, 2.24) is 9.88 Å². The summed E-state index contributed by atoms with van der Waals surface area (Å²) in [5.41, 5.74) is 2.86. The number of anilines is 1. The monoisotopic (exact) mass is 408 g/mol. The van der Waals surface area contributed by atoms with Crippen molar-refractivity contribution in [2.45, 2.75) is 38.1 Å². The molecule has 7 heteroatoms. The number of carbonyl (C=O) groups excluding carboxylic acids is 1. The molecule has 1 N–H and O–H groups in total. The summed E-state index contributed by atoms with van der Waals surface area (Å²) in [6.45, 7) is 1.24. The molecule has 1 aromatic carbocycles. The fourth-order valence-corrected chi connectivity index (χ4v) is 6.68. The second kappa shape index (κ2) is 7.28. The highest BCUT2D eigenvalue weighted by Gasteiger charge is 2.31. The predicted molar refractivity (Wildman–Crippen MR) is 113 cm³/mol. The first-order valence-corrected chi connectivity index (χ1v) is 11.3. The molecule has 5 nitrogen and oxygen atoms in total. The van der Waals surface area contributed by atoms with Gasteiger partial charge < -0.3 is 5.32 Å². The van der Waals surface area contributed by atoms with Gasteiger partial charge in [0.25, 0.3) is 0 Å². The average molecular weight is 409 g/mol. The van der Waals surface area contributed by atoms with Gasteiger partial charge in [-0.25, -0.2) is 4.98 Å². The lowest BCUT2D eigenvalue weighted by Crippen LogP contribution is -2.32. The predicted octanol–water partition coefficient (Wildman–Crippen LogP) is 4.49. The molecular formula is C21H20N4OS2. The average Bonchev–Trinajstić information content (AvgIpc) is 3.44. The molecule has 1 saturated heterocycles. The van der Waals surface area contributed by atoms with E-state index in [1.54, 1.807) is 22.7 Å². The number of thiazole rings is 1. The lowest BCUT2D eigenvalue weighted by atomic mass is 10.1. The number of hydrogen-bond acceptors (Lipinski definition) is 6. The number of carbonyl (C=O) groups is 1. The molecule has 3 aromatic rings. The molecule has 1 aliphatic heterocycles. The number of aryl methyl sites for hydroxylation is 1. The van der Waals surface area contributed by atoms with E-state index in [9.17, 15) is 10.1 Å². The summed E-state index contributed by atoms with van der Waals surface area (Å²) < 4.78 is 1.19. The minimum absolute atomic E-state index is 0.0376. The summed E-state index contributed by atoms with van der Waals surface area (Å²) in [5.74, 6) is -0.0376. The van der Waals surface area contributed by atoms with E-state index in [0.717, 1.165) is 59.7 Å². The van der Waals surface area contributed by atoms with Crippen molar-refractivity contribution in [2.75, 3.05) is 18.4 Å². The van der Waals surface area contributed by atoms with Gasteiger partial charge in [0.2, 0.25) is 5.91 Å². The number of rotatable bonds is 4. The van der Waals surface area contributed by atoms with Crippen molar-refractivity contribution in [2.24, 2.45) is 0 Å². The molecule has 28 heavy (non-hydrogen) atoms. The Hall–Kier alpha value is -2.27. The van der Waals surface area contributed by atoms with Crippen molar-refractivity contribution < 1.29 is 4.79 Å². The third-order valence-electron chi connectivity index (χ3n) is 5.59. The Bertz CT molecular complexity index is 1060. The highest BCUT2D eigenvalue weighted by Crippen LogP contribution is 2.39. The Labute approximate surface area is 171 Å². The van der Waals surface area contributed by atoms with E-state index in [0.29, 0.717) is 12.1 Å². The van der Waals surface area contributed by atoms with Crippen LogP contribution in [0.25, 0.3) is 10.2 Å². The Balaban J connectivity index is 1.31. The maximum Gasteiger partial charge on any atom is 0.239 e. The van der Waals surface area contributed by atoms with E-state index in [1.165, 1.54) is 9.58 Å². The highest BCUT2D eigenvalue weighted by atomic mass is 32.1. The van der Waals surface area contributed by atoms with Crippen LogP contribution < -0.4 is 5.32 Å². The van der Waals surface area contributed by atoms with Gasteiger partial charge >= 0.3 is 0 Å². The van der Waals surface area contributed by atoms with E-state index in [2.05, 4.69) is 22.4 Å². The molecule has 1 aliphatic carbocycles. The number of nitrogens with one attached hydrogen (secondary N) is 1. The van der Waals surface area contributed by atoms with Crippen LogP contribution in [0.2, 0.25) is 0 Å². The van der Waals surface area contributed by atoms with Crippen LogP contribution in [0.4, 0.5) is 5.00 Å². The van der Waals surface area contributed by atoms with Crippen LogP contribution in [0.5, 0.6) is 0 Å². The third-order valence-corrected chi connectivity index (χ3v) is 7.94. The van der Waals surface area contributed by atoms with Crippen LogP contribution in [0.3, 0.4) is 0 Å². The Morgan fingerprint density at radius 1 is 1.29 bits per heavy atom. The summed E-state index contributed by atoms with van der Waals surface area (Å²) in [4.78, 5) is 21.0. The molecule has 2 aromatic heterocycles. The summed E-state index contributed by atoms with van der Waals surface area (Å²) in [5, 5.41) is 14.4. The van der Waals surface area contributed by atoms with E-state index >= 15 is 0 Å². The Morgan fingerprint density at radius 3 is 3.04 bits per heavy atom. The molecule has 0 unspecified atom stereocenters. The zero-order valence-electron chi connectivity index (χ0n) is 15.4. The fraction of sp³-hybridized carbons (Fsp3) is 0.381. The molecular weight excluding hydrogens is 388 g/mol. The van der Waals surface area contributed by atoms with Gasteiger partial charge in [0.1, 0.15) is 16.1 Å². The number of thiophene rings is 1. The maximum atomic E-state index is 12.7. The molecule has 3 heterocycles. The number of benzene rings is 1. The number of nitrogens with zero attached hydrogens (tertiary/aromatic N) is 3. The van der Waals surface area contributed by atoms with Crippen molar-refractivity contribution in [3.8, 4) is 6.07 Å². The lowest BCUT2D eigenvalue weighted by molar-refractivity contribution is -0.117. The van der Waals surface area contributed by atoms with Gasteiger partial charge in [0.15, 0.2) is 0 Å². The van der Waals surface area contributed by atoms with Gasteiger partial charge in [0, 0.05) is 4.88 Å². The van der Waals surface area contributed by atoms with Gasteiger partial charge in [-0.15, -0.1) is 22.7 Å². The molecule has 1 fully saturated rings. The molecule has 0 bridgehead atoms.